The van der Waals surface area contributed by atoms with Gasteiger partial charge in [-0.1, -0.05) is 133 Å². The van der Waals surface area contributed by atoms with E-state index in [1.807, 2.05) is 12.1 Å². The Morgan fingerprint density at radius 3 is 1.54 bits per heavy atom. The van der Waals surface area contributed by atoms with Crippen molar-refractivity contribution in [1.82, 2.24) is 0 Å². The van der Waals surface area contributed by atoms with E-state index in [9.17, 15) is 0 Å². The van der Waals surface area contributed by atoms with Crippen molar-refractivity contribution in [1.29, 1.82) is 0 Å². The van der Waals surface area contributed by atoms with Crippen LogP contribution in [0.1, 0.15) is 0 Å². The summed E-state index contributed by atoms with van der Waals surface area (Å²) in [6, 6.07) is 71.8. The Bertz CT molecular complexity index is 2900. The lowest BCUT2D eigenvalue weighted by atomic mass is 9.96. The van der Waals surface area contributed by atoms with E-state index < -0.39 is 0 Å². The lowest BCUT2D eigenvalue weighted by molar-refractivity contribution is 0.669. The van der Waals surface area contributed by atoms with Gasteiger partial charge in [-0.25, -0.2) is 0 Å². The Morgan fingerprint density at radius 2 is 0.769 bits per heavy atom. The summed E-state index contributed by atoms with van der Waals surface area (Å²) in [4.78, 5) is 2.32. The number of furan rings is 1. The van der Waals surface area contributed by atoms with Crippen LogP contribution in [0.3, 0.4) is 0 Å². The van der Waals surface area contributed by atoms with Crippen molar-refractivity contribution in [3.8, 4) is 33.4 Å². The van der Waals surface area contributed by atoms with E-state index in [-0.39, 0.29) is 0 Å². The summed E-state index contributed by atoms with van der Waals surface area (Å²) < 4.78 is 6.34. The molecule has 0 aliphatic rings. The average molecular weight is 664 g/mol. The largest absolute Gasteiger partial charge is 0.456 e. The lowest BCUT2D eigenvalue weighted by Gasteiger charge is -2.26. The van der Waals surface area contributed by atoms with Gasteiger partial charge in [0.25, 0.3) is 0 Å². The van der Waals surface area contributed by atoms with Gasteiger partial charge in [0, 0.05) is 33.9 Å². The van der Waals surface area contributed by atoms with Crippen LogP contribution in [0.25, 0.3) is 76.9 Å². The number of fused-ring (bicyclic) bond motifs is 5. The molecule has 0 unspecified atom stereocenters. The quantitative estimate of drug-likeness (QED) is 0.176. The first-order valence-electron chi connectivity index (χ1n) is 17.7. The smallest absolute Gasteiger partial charge is 0.137 e. The van der Waals surface area contributed by atoms with E-state index in [1.54, 1.807) is 0 Å². The second-order valence-corrected chi connectivity index (χ2v) is 13.4. The molecule has 244 valence electrons. The fourth-order valence-electron chi connectivity index (χ4n) is 7.53. The van der Waals surface area contributed by atoms with Gasteiger partial charge in [0.05, 0.1) is 0 Å². The Morgan fingerprint density at radius 1 is 0.269 bits per heavy atom. The fourth-order valence-corrected chi connectivity index (χ4v) is 7.53. The molecule has 0 aliphatic heterocycles. The van der Waals surface area contributed by atoms with E-state index in [2.05, 4.69) is 193 Å². The van der Waals surface area contributed by atoms with Gasteiger partial charge in [-0.3, -0.25) is 0 Å². The highest BCUT2D eigenvalue weighted by Gasteiger charge is 2.17. The van der Waals surface area contributed by atoms with E-state index in [0.717, 1.165) is 39.0 Å². The van der Waals surface area contributed by atoms with E-state index in [0.29, 0.717) is 0 Å². The number of hydrogen-bond donors (Lipinski definition) is 0. The Hall–Kier alpha value is -6.90. The zero-order valence-electron chi connectivity index (χ0n) is 28.4. The highest BCUT2D eigenvalue weighted by molar-refractivity contribution is 6.06. The minimum Gasteiger partial charge on any atom is -0.456 e. The Labute approximate surface area is 302 Å². The number of rotatable bonds is 6. The molecule has 0 radical (unpaired) electrons. The number of para-hydroxylation sites is 1. The topological polar surface area (TPSA) is 16.4 Å². The summed E-state index contributed by atoms with van der Waals surface area (Å²) in [6.07, 6.45) is 0. The number of hydrogen-bond acceptors (Lipinski definition) is 2. The van der Waals surface area contributed by atoms with Crippen molar-refractivity contribution >= 4 is 60.5 Å². The fraction of sp³-hybridized carbons (Fsp3) is 0. The lowest BCUT2D eigenvalue weighted by Crippen LogP contribution is -2.10. The first-order valence-corrected chi connectivity index (χ1v) is 17.7. The van der Waals surface area contributed by atoms with Gasteiger partial charge in [-0.15, -0.1) is 0 Å². The zero-order valence-corrected chi connectivity index (χ0v) is 28.4. The molecule has 0 bridgehead atoms. The molecule has 10 rings (SSSR count). The molecule has 1 heterocycles. The molecule has 0 saturated heterocycles. The van der Waals surface area contributed by atoms with E-state index in [1.165, 1.54) is 54.9 Å². The standard InChI is InChI=1S/C50H33NO/c1-2-9-34(10-3-1)38-13-8-14-45(32-38)51(46-27-28-48-47-15-6-7-16-49(47)52-50(48)33-46)44-25-23-36(24-26-44)39-19-20-42-31-43(22-21-41(42)30-39)40-18-17-35-11-4-5-12-37(35)29-40/h1-33H. The minimum atomic E-state index is 0.875. The molecular formula is C50H33NO. The zero-order chi connectivity index (χ0) is 34.4. The van der Waals surface area contributed by atoms with Crippen LogP contribution in [0, 0.1) is 0 Å². The number of nitrogens with zero attached hydrogens (tertiary/aromatic N) is 1. The molecule has 0 saturated carbocycles. The highest BCUT2D eigenvalue weighted by atomic mass is 16.3. The van der Waals surface area contributed by atoms with Crippen LogP contribution < -0.4 is 4.90 Å². The maximum atomic E-state index is 6.34. The van der Waals surface area contributed by atoms with Crippen LogP contribution in [0.4, 0.5) is 17.1 Å². The van der Waals surface area contributed by atoms with Crippen LogP contribution in [-0.4, -0.2) is 0 Å². The van der Waals surface area contributed by atoms with Crippen LogP contribution in [-0.2, 0) is 0 Å². The first kappa shape index (κ1) is 30.0. The third kappa shape index (κ3) is 5.39. The molecule has 2 heteroatoms. The third-order valence-corrected chi connectivity index (χ3v) is 10.2. The summed E-state index contributed by atoms with van der Waals surface area (Å²) in [7, 11) is 0. The summed E-state index contributed by atoms with van der Waals surface area (Å²) in [5.41, 5.74) is 12.2. The second kappa shape index (κ2) is 12.5. The van der Waals surface area contributed by atoms with Crippen LogP contribution in [0.5, 0.6) is 0 Å². The maximum absolute atomic E-state index is 6.34. The van der Waals surface area contributed by atoms with Crippen molar-refractivity contribution in [2.24, 2.45) is 0 Å². The third-order valence-electron chi connectivity index (χ3n) is 10.2. The highest BCUT2D eigenvalue weighted by Crippen LogP contribution is 2.40. The summed E-state index contributed by atoms with van der Waals surface area (Å²) in [6.45, 7) is 0. The van der Waals surface area contributed by atoms with Crippen molar-refractivity contribution in [2.75, 3.05) is 4.90 Å². The normalized spacial score (nSPS) is 11.5. The minimum absolute atomic E-state index is 0.875. The van der Waals surface area contributed by atoms with Crippen LogP contribution in [0.15, 0.2) is 205 Å². The molecule has 9 aromatic carbocycles. The number of anilines is 3. The van der Waals surface area contributed by atoms with Gasteiger partial charge in [0.2, 0.25) is 0 Å². The van der Waals surface area contributed by atoms with Gasteiger partial charge in [0.1, 0.15) is 11.2 Å². The SMILES string of the molecule is c1ccc(-c2cccc(N(c3ccc(-c4ccc5cc(-c6ccc7ccccc7c6)ccc5c4)cc3)c3ccc4c(c3)oc3ccccc34)c2)cc1. The average Bonchev–Trinajstić information content (AvgIpc) is 3.59. The predicted octanol–water partition coefficient (Wildman–Crippen LogP) is 14.4. The van der Waals surface area contributed by atoms with Gasteiger partial charge >= 0.3 is 0 Å². The molecule has 0 N–H and O–H groups in total. The van der Waals surface area contributed by atoms with Gasteiger partial charge in [-0.05, 0) is 116 Å². The molecule has 0 atom stereocenters. The molecule has 52 heavy (non-hydrogen) atoms. The summed E-state index contributed by atoms with van der Waals surface area (Å²) in [5, 5.41) is 7.23. The molecular weight excluding hydrogens is 631 g/mol. The molecule has 0 amide bonds. The van der Waals surface area contributed by atoms with Crippen molar-refractivity contribution in [3.05, 3.63) is 200 Å². The van der Waals surface area contributed by atoms with E-state index >= 15 is 0 Å². The Kier molecular flexibility index (Phi) is 7.18. The van der Waals surface area contributed by atoms with Crippen molar-refractivity contribution in [3.63, 3.8) is 0 Å². The van der Waals surface area contributed by atoms with Crippen LogP contribution in [0.2, 0.25) is 0 Å². The number of benzene rings is 9. The molecule has 2 nitrogen and oxygen atoms in total. The maximum Gasteiger partial charge on any atom is 0.137 e. The monoisotopic (exact) mass is 663 g/mol. The summed E-state index contributed by atoms with van der Waals surface area (Å²) in [5.74, 6) is 0. The summed E-state index contributed by atoms with van der Waals surface area (Å²) >= 11 is 0. The van der Waals surface area contributed by atoms with E-state index in [4.69, 9.17) is 4.42 Å². The Balaban J connectivity index is 1.02. The first-order chi connectivity index (χ1) is 25.7. The van der Waals surface area contributed by atoms with Gasteiger partial charge in [-0.2, -0.15) is 0 Å². The van der Waals surface area contributed by atoms with Crippen molar-refractivity contribution < 1.29 is 4.42 Å². The van der Waals surface area contributed by atoms with Crippen molar-refractivity contribution in [2.45, 2.75) is 0 Å². The van der Waals surface area contributed by atoms with Crippen LogP contribution >= 0.6 is 0 Å². The molecule has 0 fully saturated rings. The van der Waals surface area contributed by atoms with Gasteiger partial charge < -0.3 is 9.32 Å². The molecule has 0 aliphatic carbocycles. The molecule has 10 aromatic rings. The van der Waals surface area contributed by atoms with Gasteiger partial charge in [0.15, 0.2) is 0 Å². The predicted molar refractivity (Wildman–Crippen MR) is 220 cm³/mol. The molecule has 1 aromatic heterocycles. The molecule has 0 spiro atoms. The second-order valence-electron chi connectivity index (χ2n) is 13.4.